The molecule has 0 atom stereocenters. The van der Waals surface area contributed by atoms with Crippen molar-refractivity contribution in [1.82, 2.24) is 15.1 Å². The molecule has 9 heteroatoms. The summed E-state index contributed by atoms with van der Waals surface area (Å²) in [6.45, 7) is 2.60. The highest BCUT2D eigenvalue weighted by Gasteiger charge is 2.28. The second-order valence-corrected chi connectivity index (χ2v) is 7.55. The van der Waals surface area contributed by atoms with Gasteiger partial charge in [-0.3, -0.25) is 9.59 Å². The molecule has 0 saturated heterocycles. The van der Waals surface area contributed by atoms with E-state index in [1.165, 1.54) is 0 Å². The smallest absolute Gasteiger partial charge is 0.325 e. The standard InChI is InChI=1S/C18H20ClN3O4S/c1-2-25-16(24)10-22(9-12-3-4-12)15(23)11-27-18-21-20-17(26-18)13-5-7-14(19)8-6-13/h5-8,12H,2-4,9-11H2,1H3. The second-order valence-electron chi connectivity index (χ2n) is 6.19. The van der Waals surface area contributed by atoms with Crippen LogP contribution >= 0.6 is 23.4 Å². The number of benzene rings is 1. The monoisotopic (exact) mass is 409 g/mol. The summed E-state index contributed by atoms with van der Waals surface area (Å²) in [4.78, 5) is 25.8. The van der Waals surface area contributed by atoms with Crippen LogP contribution in [0.4, 0.5) is 0 Å². The van der Waals surface area contributed by atoms with E-state index in [-0.39, 0.29) is 24.2 Å². The number of ether oxygens (including phenoxy) is 1. The lowest BCUT2D eigenvalue weighted by Gasteiger charge is -2.21. The molecule has 0 unspecified atom stereocenters. The number of carbonyl (C=O) groups is 2. The first-order valence-electron chi connectivity index (χ1n) is 8.70. The van der Waals surface area contributed by atoms with Crippen molar-refractivity contribution in [2.75, 3.05) is 25.4 Å². The van der Waals surface area contributed by atoms with Crippen molar-refractivity contribution in [3.8, 4) is 11.5 Å². The van der Waals surface area contributed by atoms with Crippen molar-refractivity contribution in [3.05, 3.63) is 29.3 Å². The van der Waals surface area contributed by atoms with E-state index in [1.54, 1.807) is 36.1 Å². The molecule has 2 aromatic rings. The normalized spacial score (nSPS) is 13.4. The van der Waals surface area contributed by atoms with Crippen molar-refractivity contribution < 1.29 is 18.7 Å². The van der Waals surface area contributed by atoms with E-state index < -0.39 is 0 Å². The predicted octanol–water partition coefficient (Wildman–Crippen LogP) is 3.28. The van der Waals surface area contributed by atoms with Crippen LogP contribution < -0.4 is 0 Å². The third-order valence-corrected chi connectivity index (χ3v) is 5.03. The summed E-state index contributed by atoms with van der Waals surface area (Å²) in [5.74, 6) is 0.427. The Kier molecular flexibility index (Phi) is 6.73. The van der Waals surface area contributed by atoms with E-state index in [1.807, 2.05) is 0 Å². The predicted molar refractivity (Wildman–Crippen MR) is 101 cm³/mol. The van der Waals surface area contributed by atoms with Gasteiger partial charge in [0.15, 0.2) is 0 Å². The summed E-state index contributed by atoms with van der Waals surface area (Å²) in [6, 6.07) is 7.05. The number of thioether (sulfide) groups is 1. The van der Waals surface area contributed by atoms with Crippen LogP contribution in [0.3, 0.4) is 0 Å². The summed E-state index contributed by atoms with van der Waals surface area (Å²) in [5, 5.41) is 8.87. The SMILES string of the molecule is CCOC(=O)CN(CC1CC1)C(=O)CSc1nnc(-c2ccc(Cl)cc2)o1. The second kappa shape index (κ2) is 9.23. The molecule has 1 aromatic carbocycles. The molecule has 0 aliphatic heterocycles. The first-order chi connectivity index (χ1) is 13.0. The van der Waals surface area contributed by atoms with Crippen molar-refractivity contribution in [2.45, 2.75) is 25.0 Å². The number of aromatic nitrogens is 2. The molecule has 1 amide bonds. The van der Waals surface area contributed by atoms with Gasteiger partial charge < -0.3 is 14.1 Å². The number of hydrogen-bond acceptors (Lipinski definition) is 7. The van der Waals surface area contributed by atoms with Crippen molar-refractivity contribution >= 4 is 35.2 Å². The Labute approximate surface area is 166 Å². The molecule has 1 heterocycles. The molecule has 1 aliphatic carbocycles. The van der Waals surface area contributed by atoms with Crippen molar-refractivity contribution in [1.29, 1.82) is 0 Å². The number of rotatable bonds is 9. The fourth-order valence-corrected chi connectivity index (χ4v) is 3.21. The van der Waals surface area contributed by atoms with Crippen LogP contribution in [-0.4, -0.2) is 52.4 Å². The van der Waals surface area contributed by atoms with Crippen LogP contribution in [0.5, 0.6) is 0 Å². The molecule has 144 valence electrons. The Balaban J connectivity index is 1.56. The van der Waals surface area contributed by atoms with Gasteiger partial charge in [0, 0.05) is 17.1 Å². The van der Waals surface area contributed by atoms with Gasteiger partial charge in [-0.25, -0.2) is 0 Å². The number of halogens is 1. The summed E-state index contributed by atoms with van der Waals surface area (Å²) < 4.78 is 10.5. The number of hydrogen-bond donors (Lipinski definition) is 0. The molecule has 0 radical (unpaired) electrons. The molecule has 3 rings (SSSR count). The lowest BCUT2D eigenvalue weighted by atomic mass is 10.2. The topological polar surface area (TPSA) is 85.5 Å². The molecular formula is C18H20ClN3O4S. The highest BCUT2D eigenvalue weighted by molar-refractivity contribution is 7.99. The van der Waals surface area contributed by atoms with Crippen LogP contribution in [0.1, 0.15) is 19.8 Å². The van der Waals surface area contributed by atoms with E-state index in [4.69, 9.17) is 20.8 Å². The average molecular weight is 410 g/mol. The lowest BCUT2D eigenvalue weighted by molar-refractivity contribution is -0.148. The maximum atomic E-state index is 12.5. The Morgan fingerprint density at radius 3 is 2.70 bits per heavy atom. The zero-order valence-electron chi connectivity index (χ0n) is 14.9. The van der Waals surface area contributed by atoms with Crippen LogP contribution in [0, 0.1) is 5.92 Å². The average Bonchev–Trinajstić information content (AvgIpc) is 3.34. The molecule has 1 aliphatic rings. The Morgan fingerprint density at radius 1 is 1.30 bits per heavy atom. The van der Waals surface area contributed by atoms with Gasteiger partial charge >= 0.3 is 5.97 Å². The fraction of sp³-hybridized carbons (Fsp3) is 0.444. The van der Waals surface area contributed by atoms with Crippen molar-refractivity contribution in [2.24, 2.45) is 5.92 Å². The number of nitrogens with zero attached hydrogens (tertiary/aromatic N) is 3. The zero-order chi connectivity index (χ0) is 19.2. The molecule has 0 spiro atoms. The van der Waals surface area contributed by atoms with Gasteiger partial charge in [0.2, 0.25) is 11.8 Å². The van der Waals surface area contributed by atoms with Gasteiger partial charge in [0.1, 0.15) is 6.54 Å². The Hall–Kier alpha value is -2.06. The molecule has 27 heavy (non-hydrogen) atoms. The van der Waals surface area contributed by atoms with Gasteiger partial charge in [0.25, 0.3) is 5.22 Å². The quantitative estimate of drug-likeness (QED) is 0.464. The summed E-state index contributed by atoms with van der Waals surface area (Å²) >= 11 is 7.02. The number of amides is 1. The lowest BCUT2D eigenvalue weighted by Crippen LogP contribution is -2.39. The summed E-state index contributed by atoms with van der Waals surface area (Å²) in [5.41, 5.74) is 0.753. The van der Waals surface area contributed by atoms with E-state index in [0.717, 1.165) is 30.2 Å². The van der Waals surface area contributed by atoms with Crippen molar-refractivity contribution in [3.63, 3.8) is 0 Å². The third-order valence-electron chi connectivity index (χ3n) is 3.97. The fourth-order valence-electron chi connectivity index (χ4n) is 2.42. The van der Waals surface area contributed by atoms with Gasteiger partial charge in [-0.2, -0.15) is 0 Å². The highest BCUT2D eigenvalue weighted by atomic mass is 35.5. The van der Waals surface area contributed by atoms with Crippen LogP contribution in [-0.2, 0) is 14.3 Å². The molecular weight excluding hydrogens is 390 g/mol. The van der Waals surface area contributed by atoms with E-state index in [2.05, 4.69) is 10.2 Å². The van der Waals surface area contributed by atoms with E-state index >= 15 is 0 Å². The van der Waals surface area contributed by atoms with Crippen LogP contribution in [0.2, 0.25) is 5.02 Å². The minimum atomic E-state index is -0.390. The van der Waals surface area contributed by atoms with E-state index in [0.29, 0.717) is 35.2 Å². The van der Waals surface area contributed by atoms with Crippen LogP contribution in [0.15, 0.2) is 33.9 Å². The molecule has 0 bridgehead atoms. The van der Waals surface area contributed by atoms with Gasteiger partial charge in [0.05, 0.1) is 12.4 Å². The highest BCUT2D eigenvalue weighted by Crippen LogP contribution is 2.30. The van der Waals surface area contributed by atoms with E-state index in [9.17, 15) is 9.59 Å². The molecule has 0 N–H and O–H groups in total. The van der Waals surface area contributed by atoms with Gasteiger partial charge in [-0.15, -0.1) is 10.2 Å². The Bertz CT molecular complexity index is 792. The van der Waals surface area contributed by atoms with Crippen LogP contribution in [0.25, 0.3) is 11.5 Å². The van der Waals surface area contributed by atoms with Gasteiger partial charge in [-0.05, 0) is 49.9 Å². The first-order valence-corrected chi connectivity index (χ1v) is 10.1. The first kappa shape index (κ1) is 19.7. The molecule has 1 saturated carbocycles. The summed E-state index contributed by atoms with van der Waals surface area (Å²) in [6.07, 6.45) is 2.18. The number of esters is 1. The summed E-state index contributed by atoms with van der Waals surface area (Å²) in [7, 11) is 0. The minimum absolute atomic E-state index is 0.0242. The zero-order valence-corrected chi connectivity index (χ0v) is 16.5. The molecule has 1 aromatic heterocycles. The third kappa shape index (κ3) is 5.97. The number of carbonyl (C=O) groups excluding carboxylic acids is 2. The maximum absolute atomic E-state index is 12.5. The molecule has 7 nitrogen and oxygen atoms in total. The molecule has 1 fully saturated rings. The Morgan fingerprint density at radius 2 is 2.04 bits per heavy atom. The largest absolute Gasteiger partial charge is 0.465 e. The minimum Gasteiger partial charge on any atom is -0.465 e. The van der Waals surface area contributed by atoms with Gasteiger partial charge in [-0.1, -0.05) is 23.4 Å². The maximum Gasteiger partial charge on any atom is 0.325 e.